The third kappa shape index (κ3) is 5.86. The molecule has 0 aromatic carbocycles. The molecule has 23 heavy (non-hydrogen) atoms. The van der Waals surface area contributed by atoms with E-state index in [1.807, 2.05) is 33.3 Å². The summed E-state index contributed by atoms with van der Waals surface area (Å²) in [5.41, 5.74) is 0.673. The maximum atomic E-state index is 11.7. The fraction of sp³-hybridized carbons (Fsp3) is 0.765. The van der Waals surface area contributed by atoms with E-state index < -0.39 is 5.60 Å². The van der Waals surface area contributed by atoms with Gasteiger partial charge in [0.05, 0.1) is 6.33 Å². The Kier molecular flexibility index (Phi) is 5.68. The predicted molar refractivity (Wildman–Crippen MR) is 90.4 cm³/mol. The monoisotopic (exact) mass is 322 g/mol. The number of alkyl carbamates (subject to hydrolysis) is 1. The smallest absolute Gasteiger partial charge is 0.407 e. The Hall–Kier alpha value is -1.56. The summed E-state index contributed by atoms with van der Waals surface area (Å²) in [6.07, 6.45) is 6.76. The lowest BCUT2D eigenvalue weighted by Gasteiger charge is -2.25. The Balaban J connectivity index is 1.78. The number of carbonyl (C=O) groups is 1. The average molecular weight is 322 g/mol. The molecule has 1 fully saturated rings. The van der Waals surface area contributed by atoms with Crippen molar-refractivity contribution in [2.45, 2.75) is 71.2 Å². The zero-order valence-corrected chi connectivity index (χ0v) is 15.0. The average Bonchev–Trinajstić information content (AvgIpc) is 3.19. The molecular formula is C17H30N4O2. The summed E-state index contributed by atoms with van der Waals surface area (Å²) in [7, 11) is 2.20. The number of imidazole rings is 1. The van der Waals surface area contributed by atoms with Gasteiger partial charge < -0.3 is 14.6 Å². The number of rotatable bonds is 7. The Morgan fingerprint density at radius 1 is 1.52 bits per heavy atom. The number of nitrogens with zero attached hydrogens (tertiary/aromatic N) is 3. The summed E-state index contributed by atoms with van der Waals surface area (Å²) < 4.78 is 7.42. The van der Waals surface area contributed by atoms with Gasteiger partial charge in [-0.05, 0) is 47.6 Å². The van der Waals surface area contributed by atoms with Gasteiger partial charge in [0.25, 0.3) is 0 Å². The van der Waals surface area contributed by atoms with Crippen molar-refractivity contribution in [2.24, 2.45) is 0 Å². The summed E-state index contributed by atoms with van der Waals surface area (Å²) in [5.74, 6) is 0. The fourth-order valence-electron chi connectivity index (χ4n) is 2.58. The van der Waals surface area contributed by atoms with Crippen LogP contribution in [-0.4, -0.2) is 51.8 Å². The molecule has 2 rings (SSSR count). The van der Waals surface area contributed by atoms with Crippen LogP contribution in [0.1, 0.15) is 46.2 Å². The second-order valence-electron chi connectivity index (χ2n) is 7.46. The maximum Gasteiger partial charge on any atom is 0.407 e. The second-order valence-corrected chi connectivity index (χ2v) is 7.46. The highest BCUT2D eigenvalue weighted by atomic mass is 16.6. The van der Waals surface area contributed by atoms with Gasteiger partial charge in [0.15, 0.2) is 0 Å². The topological polar surface area (TPSA) is 59.4 Å². The molecule has 1 aliphatic rings. The SMILES string of the molecule is CC(Cn1cncc1CCNC(=O)OC(C)(C)C)N(C)C1CC1. The van der Waals surface area contributed by atoms with Crippen molar-refractivity contribution in [3.05, 3.63) is 18.2 Å². The molecule has 1 N–H and O–H groups in total. The van der Waals surface area contributed by atoms with Crippen molar-refractivity contribution in [1.29, 1.82) is 0 Å². The van der Waals surface area contributed by atoms with E-state index in [0.29, 0.717) is 12.6 Å². The molecule has 0 spiro atoms. The van der Waals surface area contributed by atoms with E-state index in [2.05, 4.69) is 33.7 Å². The van der Waals surface area contributed by atoms with Crippen LogP contribution in [0.25, 0.3) is 0 Å². The Morgan fingerprint density at radius 3 is 2.83 bits per heavy atom. The molecule has 1 unspecified atom stereocenters. The van der Waals surface area contributed by atoms with Crippen molar-refractivity contribution >= 4 is 6.09 Å². The number of aromatic nitrogens is 2. The molecule has 1 atom stereocenters. The summed E-state index contributed by atoms with van der Waals surface area (Å²) in [4.78, 5) is 18.4. The van der Waals surface area contributed by atoms with Crippen LogP contribution >= 0.6 is 0 Å². The van der Waals surface area contributed by atoms with E-state index in [0.717, 1.165) is 24.7 Å². The van der Waals surface area contributed by atoms with Crippen LogP contribution in [0.5, 0.6) is 0 Å². The molecule has 0 radical (unpaired) electrons. The first-order chi connectivity index (χ1) is 10.8. The highest BCUT2D eigenvalue weighted by molar-refractivity contribution is 5.67. The Bertz CT molecular complexity index is 517. The van der Waals surface area contributed by atoms with Crippen LogP contribution < -0.4 is 5.32 Å². The minimum atomic E-state index is -0.464. The molecular weight excluding hydrogens is 292 g/mol. The van der Waals surface area contributed by atoms with E-state index in [1.54, 1.807) is 0 Å². The van der Waals surface area contributed by atoms with E-state index >= 15 is 0 Å². The van der Waals surface area contributed by atoms with Crippen LogP contribution in [0.2, 0.25) is 0 Å². The molecule has 1 aromatic rings. The van der Waals surface area contributed by atoms with E-state index in [1.165, 1.54) is 12.8 Å². The van der Waals surface area contributed by atoms with Crippen LogP contribution in [0.3, 0.4) is 0 Å². The molecule has 0 saturated heterocycles. The van der Waals surface area contributed by atoms with Crippen LogP contribution in [0, 0.1) is 0 Å². The molecule has 1 amide bonds. The van der Waals surface area contributed by atoms with E-state index in [9.17, 15) is 4.79 Å². The number of amides is 1. The molecule has 6 nitrogen and oxygen atoms in total. The number of carbonyl (C=O) groups excluding carboxylic acids is 1. The van der Waals surface area contributed by atoms with Crippen molar-refractivity contribution in [1.82, 2.24) is 19.8 Å². The van der Waals surface area contributed by atoms with E-state index in [-0.39, 0.29) is 6.09 Å². The largest absolute Gasteiger partial charge is 0.444 e. The van der Waals surface area contributed by atoms with Crippen molar-refractivity contribution in [2.75, 3.05) is 13.6 Å². The maximum absolute atomic E-state index is 11.7. The van der Waals surface area contributed by atoms with Gasteiger partial charge in [0, 0.05) is 43.5 Å². The Morgan fingerprint density at radius 2 is 2.22 bits per heavy atom. The molecule has 1 heterocycles. The lowest BCUT2D eigenvalue weighted by Crippen LogP contribution is -2.35. The van der Waals surface area contributed by atoms with Gasteiger partial charge in [0.2, 0.25) is 0 Å². The Labute approximate surface area is 139 Å². The number of nitrogens with one attached hydrogen (secondary N) is 1. The molecule has 0 bridgehead atoms. The van der Waals surface area contributed by atoms with Gasteiger partial charge in [0.1, 0.15) is 5.60 Å². The van der Waals surface area contributed by atoms with Crippen LogP contribution in [0.4, 0.5) is 4.79 Å². The molecule has 6 heteroatoms. The number of ether oxygens (including phenoxy) is 1. The summed E-state index contributed by atoms with van der Waals surface area (Å²) in [6, 6.07) is 1.24. The lowest BCUT2D eigenvalue weighted by molar-refractivity contribution is 0.0528. The van der Waals surface area contributed by atoms with Gasteiger partial charge in [-0.15, -0.1) is 0 Å². The van der Waals surface area contributed by atoms with Crippen molar-refractivity contribution < 1.29 is 9.53 Å². The summed E-state index contributed by atoms with van der Waals surface area (Å²) >= 11 is 0. The zero-order chi connectivity index (χ0) is 17.0. The number of hydrogen-bond acceptors (Lipinski definition) is 4. The van der Waals surface area contributed by atoms with Gasteiger partial charge in [-0.25, -0.2) is 9.78 Å². The minimum absolute atomic E-state index is 0.370. The predicted octanol–water partition coefficient (Wildman–Crippen LogP) is 2.43. The highest BCUT2D eigenvalue weighted by Gasteiger charge is 2.29. The first kappa shape index (κ1) is 17.8. The fourth-order valence-corrected chi connectivity index (χ4v) is 2.58. The van der Waals surface area contributed by atoms with Crippen molar-refractivity contribution in [3.8, 4) is 0 Å². The zero-order valence-electron chi connectivity index (χ0n) is 15.0. The standard InChI is InChI=1S/C17H30N4O2/c1-13(20(5)14-6-7-14)11-21-12-18-10-15(21)8-9-19-16(22)23-17(2,3)4/h10,12-14H,6-9,11H2,1-5H3,(H,19,22). The number of likely N-dealkylation sites (N-methyl/N-ethyl adjacent to an activating group) is 1. The second kappa shape index (κ2) is 7.34. The van der Waals surface area contributed by atoms with Gasteiger partial charge in [-0.3, -0.25) is 4.90 Å². The number of hydrogen-bond donors (Lipinski definition) is 1. The van der Waals surface area contributed by atoms with Gasteiger partial charge in [-0.1, -0.05) is 0 Å². The minimum Gasteiger partial charge on any atom is -0.444 e. The van der Waals surface area contributed by atoms with Crippen LogP contribution in [-0.2, 0) is 17.7 Å². The van der Waals surface area contributed by atoms with Crippen LogP contribution in [0.15, 0.2) is 12.5 Å². The first-order valence-corrected chi connectivity index (χ1v) is 8.44. The quantitative estimate of drug-likeness (QED) is 0.837. The molecule has 1 aromatic heterocycles. The first-order valence-electron chi connectivity index (χ1n) is 8.44. The normalized spacial score (nSPS) is 16.4. The molecule has 1 aliphatic carbocycles. The third-order valence-corrected chi connectivity index (χ3v) is 4.13. The lowest BCUT2D eigenvalue weighted by atomic mass is 10.2. The molecule has 130 valence electrons. The van der Waals surface area contributed by atoms with E-state index in [4.69, 9.17) is 4.74 Å². The summed E-state index contributed by atoms with van der Waals surface area (Å²) in [5, 5.41) is 2.80. The summed E-state index contributed by atoms with van der Waals surface area (Å²) in [6.45, 7) is 9.31. The molecule has 0 aliphatic heterocycles. The van der Waals surface area contributed by atoms with Gasteiger partial charge >= 0.3 is 6.09 Å². The highest BCUT2D eigenvalue weighted by Crippen LogP contribution is 2.27. The van der Waals surface area contributed by atoms with Gasteiger partial charge in [-0.2, -0.15) is 0 Å². The van der Waals surface area contributed by atoms with Crippen molar-refractivity contribution in [3.63, 3.8) is 0 Å². The molecule has 1 saturated carbocycles. The third-order valence-electron chi connectivity index (χ3n) is 4.13.